The fourth-order valence-electron chi connectivity index (χ4n) is 4.87. The smallest absolute Gasteiger partial charge is 0.222 e. The number of carbonyl (C=O) groups excluding carboxylic acids is 1. The fraction of sp³-hybridized carbons (Fsp3) is 0.323. The Morgan fingerprint density at radius 2 is 1.72 bits per heavy atom. The van der Waals surface area contributed by atoms with E-state index in [1.165, 1.54) is 16.7 Å². The van der Waals surface area contributed by atoms with Gasteiger partial charge in [0, 0.05) is 25.9 Å². The zero-order valence-corrected chi connectivity index (χ0v) is 20.7. The Kier molecular flexibility index (Phi) is 7.99. The lowest BCUT2D eigenvalue weighted by Crippen LogP contribution is -2.39. The Labute approximate surface area is 213 Å². The minimum absolute atomic E-state index is 0.0745. The monoisotopic (exact) mass is 482 g/mol. The quantitative estimate of drug-likeness (QED) is 0.415. The van der Waals surface area contributed by atoms with Crippen LogP contribution in [0.3, 0.4) is 0 Å². The predicted molar refractivity (Wildman–Crippen MR) is 143 cm³/mol. The minimum atomic E-state index is -0.230. The summed E-state index contributed by atoms with van der Waals surface area (Å²) in [7, 11) is 0. The maximum atomic E-state index is 12.5. The number of benzene rings is 3. The molecule has 2 heterocycles. The Bertz CT molecular complexity index is 1170. The van der Waals surface area contributed by atoms with Crippen LogP contribution in [0.5, 0.6) is 17.2 Å². The molecule has 3 aromatic rings. The lowest BCUT2D eigenvalue weighted by molar-refractivity contribution is -0.123. The Morgan fingerprint density at radius 3 is 2.53 bits per heavy atom. The van der Waals surface area contributed by atoms with Crippen molar-refractivity contribution >= 4 is 11.5 Å². The van der Waals surface area contributed by atoms with Crippen molar-refractivity contribution in [1.82, 2.24) is 10.2 Å². The zero-order valence-electron chi connectivity index (χ0n) is 20.7. The second-order valence-electron chi connectivity index (χ2n) is 9.50. The molecule has 2 aliphatic heterocycles. The molecule has 1 atom stereocenters. The molecule has 0 aromatic heterocycles. The molecule has 186 valence electrons. The van der Waals surface area contributed by atoms with Gasteiger partial charge in [-0.2, -0.15) is 0 Å². The van der Waals surface area contributed by atoms with Gasteiger partial charge in [0.1, 0.15) is 17.2 Å². The number of nitrogens with zero attached hydrogens (tertiary/aromatic N) is 1. The number of amides is 1. The predicted octanol–water partition coefficient (Wildman–Crippen LogP) is 6.21. The third-order valence-electron chi connectivity index (χ3n) is 6.85. The molecule has 1 amide bonds. The average molecular weight is 483 g/mol. The number of hydrogen-bond acceptors (Lipinski definition) is 4. The maximum absolute atomic E-state index is 12.5. The van der Waals surface area contributed by atoms with Crippen LogP contribution in [0, 0.1) is 0 Å². The second-order valence-corrected chi connectivity index (χ2v) is 9.50. The van der Waals surface area contributed by atoms with Gasteiger partial charge in [0.2, 0.25) is 5.91 Å². The van der Waals surface area contributed by atoms with Crippen LogP contribution in [0.4, 0.5) is 0 Å². The molecule has 1 unspecified atom stereocenters. The number of nitrogens with one attached hydrogen (secondary N) is 1. The van der Waals surface area contributed by atoms with Crippen LogP contribution in [-0.2, 0) is 11.2 Å². The van der Waals surface area contributed by atoms with E-state index in [9.17, 15) is 4.79 Å². The summed E-state index contributed by atoms with van der Waals surface area (Å²) in [4.78, 5) is 14.9. The van der Waals surface area contributed by atoms with Gasteiger partial charge < -0.3 is 14.8 Å². The largest absolute Gasteiger partial charge is 0.470 e. The van der Waals surface area contributed by atoms with Crippen LogP contribution in [0.1, 0.15) is 43.2 Å². The van der Waals surface area contributed by atoms with Crippen molar-refractivity contribution in [2.24, 2.45) is 0 Å². The first kappa shape index (κ1) is 24.1. The molecule has 5 heteroatoms. The van der Waals surface area contributed by atoms with Gasteiger partial charge in [0.15, 0.2) is 6.23 Å². The van der Waals surface area contributed by atoms with Gasteiger partial charge in [-0.1, -0.05) is 54.6 Å². The van der Waals surface area contributed by atoms with E-state index < -0.39 is 0 Å². The van der Waals surface area contributed by atoms with E-state index in [1.807, 2.05) is 60.7 Å². The number of ether oxygens (including phenoxy) is 2. The molecule has 0 saturated carbocycles. The summed E-state index contributed by atoms with van der Waals surface area (Å²) >= 11 is 0. The summed E-state index contributed by atoms with van der Waals surface area (Å²) in [6.45, 7) is 2.86. The van der Waals surface area contributed by atoms with Crippen LogP contribution in [0.2, 0.25) is 0 Å². The summed E-state index contributed by atoms with van der Waals surface area (Å²) in [6, 6.07) is 26.3. The van der Waals surface area contributed by atoms with E-state index in [-0.39, 0.29) is 12.1 Å². The SMILES string of the molecule is O=C(CCCN1CC=C(c2ccc(Oc3ccccc3)cc2)CC1)NC1CCCc2ccccc2O1. The van der Waals surface area contributed by atoms with E-state index in [1.54, 1.807) is 0 Å². The second kappa shape index (κ2) is 11.9. The first-order valence-corrected chi connectivity index (χ1v) is 13.0. The van der Waals surface area contributed by atoms with Crippen LogP contribution in [0.15, 0.2) is 84.9 Å². The molecule has 0 radical (unpaired) electrons. The van der Waals surface area contributed by atoms with Crippen molar-refractivity contribution in [2.75, 3.05) is 19.6 Å². The molecular weight excluding hydrogens is 448 g/mol. The molecule has 3 aromatic carbocycles. The molecule has 0 bridgehead atoms. The number of para-hydroxylation sites is 2. The standard InChI is InChI=1S/C31H34N2O3/c34-30(32-31-14-6-9-26-8-4-5-12-29(26)36-31)13-7-21-33-22-19-25(20-23-33)24-15-17-28(18-16-24)35-27-10-2-1-3-11-27/h1-5,8,10-12,15-19,31H,6-7,9,13-14,20-23H2,(H,32,34). The van der Waals surface area contributed by atoms with Gasteiger partial charge in [-0.3, -0.25) is 9.69 Å². The number of aryl methyl sites for hydroxylation is 1. The van der Waals surface area contributed by atoms with Crippen molar-refractivity contribution in [1.29, 1.82) is 0 Å². The molecule has 5 rings (SSSR count). The summed E-state index contributed by atoms with van der Waals surface area (Å²) in [5.74, 6) is 2.67. The van der Waals surface area contributed by atoms with Crippen molar-refractivity contribution in [3.8, 4) is 17.2 Å². The van der Waals surface area contributed by atoms with E-state index in [2.05, 4.69) is 34.5 Å². The van der Waals surface area contributed by atoms with Crippen LogP contribution >= 0.6 is 0 Å². The highest BCUT2D eigenvalue weighted by atomic mass is 16.5. The topological polar surface area (TPSA) is 50.8 Å². The van der Waals surface area contributed by atoms with E-state index in [0.717, 1.165) is 69.0 Å². The van der Waals surface area contributed by atoms with Gasteiger partial charge in [-0.15, -0.1) is 0 Å². The third kappa shape index (κ3) is 6.55. The van der Waals surface area contributed by atoms with Crippen molar-refractivity contribution in [3.05, 3.63) is 96.1 Å². The first-order chi connectivity index (χ1) is 17.7. The molecule has 1 N–H and O–H groups in total. The molecule has 36 heavy (non-hydrogen) atoms. The fourth-order valence-corrected chi connectivity index (χ4v) is 4.87. The average Bonchev–Trinajstić information content (AvgIpc) is 3.12. The maximum Gasteiger partial charge on any atom is 0.222 e. The highest BCUT2D eigenvalue weighted by molar-refractivity contribution is 5.76. The Balaban J connectivity index is 1.04. The summed E-state index contributed by atoms with van der Waals surface area (Å²) in [5.41, 5.74) is 3.85. The molecule has 0 spiro atoms. The summed E-state index contributed by atoms with van der Waals surface area (Å²) in [5, 5.41) is 3.08. The highest BCUT2D eigenvalue weighted by Gasteiger charge is 2.19. The molecule has 5 nitrogen and oxygen atoms in total. The minimum Gasteiger partial charge on any atom is -0.470 e. The molecule has 0 saturated heterocycles. The van der Waals surface area contributed by atoms with E-state index >= 15 is 0 Å². The van der Waals surface area contributed by atoms with Crippen LogP contribution in [0.25, 0.3) is 5.57 Å². The van der Waals surface area contributed by atoms with E-state index in [4.69, 9.17) is 9.47 Å². The molecule has 0 fully saturated rings. The number of hydrogen-bond donors (Lipinski definition) is 1. The van der Waals surface area contributed by atoms with E-state index in [0.29, 0.717) is 6.42 Å². The van der Waals surface area contributed by atoms with Gasteiger partial charge >= 0.3 is 0 Å². The van der Waals surface area contributed by atoms with Gasteiger partial charge in [0.05, 0.1) is 0 Å². The molecule has 2 aliphatic rings. The Hall–Kier alpha value is -3.57. The highest BCUT2D eigenvalue weighted by Crippen LogP contribution is 2.27. The van der Waals surface area contributed by atoms with Crippen molar-refractivity contribution in [3.63, 3.8) is 0 Å². The normalized spacial score (nSPS) is 17.8. The lowest BCUT2D eigenvalue weighted by Gasteiger charge is -2.26. The van der Waals surface area contributed by atoms with Gasteiger partial charge in [0.25, 0.3) is 0 Å². The first-order valence-electron chi connectivity index (χ1n) is 13.0. The Morgan fingerprint density at radius 1 is 0.944 bits per heavy atom. The zero-order chi connectivity index (χ0) is 24.6. The van der Waals surface area contributed by atoms with Gasteiger partial charge in [-0.25, -0.2) is 0 Å². The number of fused-ring (bicyclic) bond motifs is 1. The van der Waals surface area contributed by atoms with Crippen molar-refractivity contribution in [2.45, 2.75) is 44.8 Å². The van der Waals surface area contributed by atoms with Crippen molar-refractivity contribution < 1.29 is 14.3 Å². The van der Waals surface area contributed by atoms with Gasteiger partial charge in [-0.05, 0) is 79.3 Å². The third-order valence-corrected chi connectivity index (χ3v) is 6.85. The molecular formula is C31H34N2O3. The number of carbonyl (C=O) groups is 1. The summed E-state index contributed by atoms with van der Waals surface area (Å²) < 4.78 is 12.0. The number of rotatable bonds is 8. The summed E-state index contributed by atoms with van der Waals surface area (Å²) in [6.07, 6.45) is 7.34. The van der Waals surface area contributed by atoms with Crippen LogP contribution < -0.4 is 14.8 Å². The lowest BCUT2D eigenvalue weighted by atomic mass is 9.99. The molecule has 0 aliphatic carbocycles. The van der Waals surface area contributed by atoms with Crippen LogP contribution in [-0.4, -0.2) is 36.7 Å².